The number of aromatic nitrogens is 3. The van der Waals surface area contributed by atoms with Crippen LogP contribution < -0.4 is 10.1 Å². The summed E-state index contributed by atoms with van der Waals surface area (Å²) in [6.45, 7) is 6.63. The standard InChI is InChI=1S/C15H19ClN4O/c1-10(2)21-15-19-13(16)18-14(20-15)17-9-8-12-7-5-4-6-11(12)3/h4-7,10H,8-9H2,1-3H3,(H,17,18,19,20). The van der Waals surface area contributed by atoms with Gasteiger partial charge in [-0.2, -0.15) is 15.0 Å². The SMILES string of the molecule is Cc1ccccc1CCNc1nc(Cl)nc(OC(C)C)n1. The molecule has 0 aliphatic rings. The zero-order chi connectivity index (χ0) is 15.2. The van der Waals surface area contributed by atoms with Gasteiger partial charge in [-0.25, -0.2) is 0 Å². The number of benzene rings is 1. The van der Waals surface area contributed by atoms with E-state index in [4.69, 9.17) is 16.3 Å². The van der Waals surface area contributed by atoms with Crippen LogP contribution in [0.15, 0.2) is 24.3 Å². The monoisotopic (exact) mass is 306 g/mol. The van der Waals surface area contributed by atoms with Crippen molar-refractivity contribution in [3.8, 4) is 6.01 Å². The van der Waals surface area contributed by atoms with Crippen LogP contribution in [0.2, 0.25) is 5.28 Å². The molecule has 1 aromatic heterocycles. The number of nitrogens with zero attached hydrogens (tertiary/aromatic N) is 3. The molecule has 0 amide bonds. The number of hydrogen-bond acceptors (Lipinski definition) is 5. The zero-order valence-electron chi connectivity index (χ0n) is 12.4. The van der Waals surface area contributed by atoms with Crippen LogP contribution in [0.25, 0.3) is 0 Å². The lowest BCUT2D eigenvalue weighted by Crippen LogP contribution is -2.13. The van der Waals surface area contributed by atoms with Gasteiger partial charge in [-0.05, 0) is 49.9 Å². The fraction of sp³-hybridized carbons (Fsp3) is 0.400. The van der Waals surface area contributed by atoms with E-state index in [2.05, 4.69) is 39.3 Å². The minimum atomic E-state index is -0.0108. The molecule has 1 aromatic carbocycles. The van der Waals surface area contributed by atoms with Crippen LogP contribution in [0.4, 0.5) is 5.95 Å². The molecule has 0 aliphatic heterocycles. The quantitative estimate of drug-likeness (QED) is 0.887. The van der Waals surface area contributed by atoms with Gasteiger partial charge in [-0.15, -0.1) is 0 Å². The van der Waals surface area contributed by atoms with Crippen molar-refractivity contribution in [2.45, 2.75) is 33.3 Å². The largest absolute Gasteiger partial charge is 0.461 e. The number of aryl methyl sites for hydroxylation is 1. The number of nitrogens with one attached hydrogen (secondary N) is 1. The van der Waals surface area contributed by atoms with E-state index in [0.29, 0.717) is 12.5 Å². The van der Waals surface area contributed by atoms with Crippen LogP contribution in [-0.4, -0.2) is 27.6 Å². The first-order chi connectivity index (χ1) is 10.0. The lowest BCUT2D eigenvalue weighted by molar-refractivity contribution is 0.222. The molecule has 0 saturated carbocycles. The Morgan fingerprint density at radius 2 is 1.95 bits per heavy atom. The van der Waals surface area contributed by atoms with Crippen LogP contribution in [-0.2, 0) is 6.42 Å². The molecule has 6 heteroatoms. The van der Waals surface area contributed by atoms with Gasteiger partial charge in [0, 0.05) is 6.54 Å². The van der Waals surface area contributed by atoms with Crippen molar-refractivity contribution in [2.75, 3.05) is 11.9 Å². The highest BCUT2D eigenvalue weighted by Crippen LogP contribution is 2.13. The summed E-state index contributed by atoms with van der Waals surface area (Å²) in [5.41, 5.74) is 2.57. The summed E-state index contributed by atoms with van der Waals surface area (Å²) in [4.78, 5) is 12.2. The topological polar surface area (TPSA) is 59.9 Å². The van der Waals surface area contributed by atoms with E-state index in [1.54, 1.807) is 0 Å². The summed E-state index contributed by atoms with van der Waals surface area (Å²) in [5, 5.41) is 3.27. The maximum Gasteiger partial charge on any atom is 0.322 e. The highest BCUT2D eigenvalue weighted by molar-refractivity contribution is 6.28. The van der Waals surface area contributed by atoms with Gasteiger partial charge < -0.3 is 10.1 Å². The third-order valence-corrected chi connectivity index (χ3v) is 3.04. The molecular weight excluding hydrogens is 288 g/mol. The predicted octanol–water partition coefficient (Wildman–Crippen LogP) is 3.28. The first kappa shape index (κ1) is 15.5. The fourth-order valence-corrected chi connectivity index (χ4v) is 2.03. The maximum atomic E-state index is 5.87. The Hall–Kier alpha value is -1.88. The van der Waals surface area contributed by atoms with E-state index in [1.807, 2.05) is 26.0 Å². The summed E-state index contributed by atoms with van der Waals surface area (Å²) in [7, 11) is 0. The van der Waals surface area contributed by atoms with Crippen molar-refractivity contribution in [1.29, 1.82) is 0 Å². The second-order valence-electron chi connectivity index (χ2n) is 4.98. The third kappa shape index (κ3) is 4.86. The minimum Gasteiger partial charge on any atom is -0.461 e. The first-order valence-electron chi connectivity index (χ1n) is 6.91. The number of ether oxygens (including phenoxy) is 1. The average molecular weight is 307 g/mol. The van der Waals surface area contributed by atoms with Gasteiger partial charge in [0.05, 0.1) is 6.10 Å². The Bertz CT molecular complexity index is 604. The zero-order valence-corrected chi connectivity index (χ0v) is 13.2. The van der Waals surface area contributed by atoms with Crippen molar-refractivity contribution in [3.63, 3.8) is 0 Å². The van der Waals surface area contributed by atoms with Gasteiger partial charge in [0.25, 0.3) is 0 Å². The highest BCUT2D eigenvalue weighted by atomic mass is 35.5. The molecule has 0 spiro atoms. The molecule has 2 rings (SSSR count). The number of halogens is 1. The van der Waals surface area contributed by atoms with Gasteiger partial charge in [-0.1, -0.05) is 24.3 Å². The second-order valence-corrected chi connectivity index (χ2v) is 5.32. The molecule has 21 heavy (non-hydrogen) atoms. The molecular formula is C15H19ClN4O. The molecule has 1 heterocycles. The molecule has 0 saturated heterocycles. The Kier molecular flexibility index (Phi) is 5.33. The minimum absolute atomic E-state index is 0.0108. The number of hydrogen-bond donors (Lipinski definition) is 1. The molecule has 0 radical (unpaired) electrons. The molecule has 1 N–H and O–H groups in total. The van der Waals surface area contributed by atoms with E-state index in [0.717, 1.165) is 6.42 Å². The summed E-state index contributed by atoms with van der Waals surface area (Å²) in [6, 6.07) is 8.53. The van der Waals surface area contributed by atoms with Gasteiger partial charge >= 0.3 is 6.01 Å². The molecule has 2 aromatic rings. The molecule has 112 valence electrons. The highest BCUT2D eigenvalue weighted by Gasteiger charge is 2.07. The van der Waals surface area contributed by atoms with Crippen LogP contribution in [0, 0.1) is 6.92 Å². The fourth-order valence-electron chi connectivity index (χ4n) is 1.87. The van der Waals surface area contributed by atoms with Gasteiger partial charge in [0.2, 0.25) is 11.2 Å². The molecule has 0 aliphatic carbocycles. The lowest BCUT2D eigenvalue weighted by atomic mass is 10.1. The lowest BCUT2D eigenvalue weighted by Gasteiger charge is -2.10. The van der Waals surface area contributed by atoms with Gasteiger partial charge in [0.15, 0.2) is 0 Å². The van der Waals surface area contributed by atoms with E-state index in [9.17, 15) is 0 Å². The number of anilines is 1. The maximum absolute atomic E-state index is 5.87. The van der Waals surface area contributed by atoms with Crippen molar-refractivity contribution in [1.82, 2.24) is 15.0 Å². The Morgan fingerprint density at radius 3 is 2.67 bits per heavy atom. The average Bonchev–Trinajstić information content (AvgIpc) is 2.39. The molecule has 0 unspecified atom stereocenters. The normalized spacial score (nSPS) is 10.7. The van der Waals surface area contributed by atoms with Crippen LogP contribution in [0.1, 0.15) is 25.0 Å². The molecule has 0 atom stereocenters. The Labute approximate surface area is 129 Å². The first-order valence-corrected chi connectivity index (χ1v) is 7.29. The predicted molar refractivity (Wildman–Crippen MR) is 84.0 cm³/mol. The van der Waals surface area contributed by atoms with E-state index >= 15 is 0 Å². The molecule has 0 bridgehead atoms. The third-order valence-electron chi connectivity index (χ3n) is 2.87. The van der Waals surface area contributed by atoms with Crippen molar-refractivity contribution >= 4 is 17.5 Å². The second kappa shape index (κ2) is 7.22. The van der Waals surface area contributed by atoms with Gasteiger partial charge in [0.1, 0.15) is 0 Å². The summed E-state index contributed by atoms with van der Waals surface area (Å²) >= 11 is 5.87. The van der Waals surface area contributed by atoms with Crippen molar-refractivity contribution in [2.24, 2.45) is 0 Å². The van der Waals surface area contributed by atoms with Crippen LogP contribution >= 0.6 is 11.6 Å². The van der Waals surface area contributed by atoms with E-state index in [1.165, 1.54) is 11.1 Å². The Balaban J connectivity index is 1.97. The van der Waals surface area contributed by atoms with Crippen molar-refractivity contribution < 1.29 is 4.74 Å². The summed E-state index contributed by atoms with van der Waals surface area (Å²) in [5.74, 6) is 0.430. The van der Waals surface area contributed by atoms with E-state index < -0.39 is 0 Å². The summed E-state index contributed by atoms with van der Waals surface area (Å²) in [6.07, 6.45) is 0.874. The molecule has 0 fully saturated rings. The van der Waals surface area contributed by atoms with E-state index in [-0.39, 0.29) is 17.4 Å². The van der Waals surface area contributed by atoms with Gasteiger partial charge in [-0.3, -0.25) is 0 Å². The molecule has 5 nitrogen and oxygen atoms in total. The van der Waals surface area contributed by atoms with Crippen LogP contribution in [0.3, 0.4) is 0 Å². The smallest absolute Gasteiger partial charge is 0.322 e. The van der Waals surface area contributed by atoms with Crippen LogP contribution in [0.5, 0.6) is 6.01 Å². The van der Waals surface area contributed by atoms with Crippen molar-refractivity contribution in [3.05, 3.63) is 40.7 Å². The summed E-state index contributed by atoms with van der Waals surface area (Å²) < 4.78 is 5.43. The number of rotatable bonds is 6. The Morgan fingerprint density at radius 1 is 1.19 bits per heavy atom.